The summed E-state index contributed by atoms with van der Waals surface area (Å²) in [5, 5.41) is 0. The summed E-state index contributed by atoms with van der Waals surface area (Å²) in [4.78, 5) is 8.87. The standard InChI is InChI=1S/C15H17BrN2O/c1-4-15-17-13(9-14(16)18-15)11-6-5-7-12(8-11)19-10(2)3/h5-10H,4H2,1-3H3. The van der Waals surface area contributed by atoms with Gasteiger partial charge in [-0.15, -0.1) is 0 Å². The molecule has 2 aromatic rings. The average Bonchev–Trinajstić information content (AvgIpc) is 2.37. The molecular weight excluding hydrogens is 304 g/mol. The highest BCUT2D eigenvalue weighted by Crippen LogP contribution is 2.24. The van der Waals surface area contributed by atoms with Crippen LogP contribution in [0.2, 0.25) is 0 Å². The molecule has 0 unspecified atom stereocenters. The van der Waals surface area contributed by atoms with E-state index in [0.29, 0.717) is 0 Å². The fourth-order valence-electron chi connectivity index (χ4n) is 1.77. The van der Waals surface area contributed by atoms with Crippen molar-refractivity contribution in [3.05, 3.63) is 40.8 Å². The van der Waals surface area contributed by atoms with E-state index in [0.717, 1.165) is 33.9 Å². The van der Waals surface area contributed by atoms with E-state index < -0.39 is 0 Å². The van der Waals surface area contributed by atoms with E-state index in [2.05, 4.69) is 25.9 Å². The highest BCUT2D eigenvalue weighted by molar-refractivity contribution is 9.10. The maximum Gasteiger partial charge on any atom is 0.130 e. The maximum absolute atomic E-state index is 5.71. The molecule has 0 aliphatic heterocycles. The van der Waals surface area contributed by atoms with Gasteiger partial charge in [-0.25, -0.2) is 9.97 Å². The van der Waals surface area contributed by atoms with Gasteiger partial charge < -0.3 is 4.74 Å². The van der Waals surface area contributed by atoms with Crippen molar-refractivity contribution in [3.63, 3.8) is 0 Å². The van der Waals surface area contributed by atoms with Crippen molar-refractivity contribution in [2.24, 2.45) is 0 Å². The highest BCUT2D eigenvalue weighted by Gasteiger charge is 2.06. The monoisotopic (exact) mass is 320 g/mol. The molecule has 0 N–H and O–H groups in total. The van der Waals surface area contributed by atoms with Crippen LogP contribution in [0, 0.1) is 0 Å². The molecule has 0 fully saturated rings. The van der Waals surface area contributed by atoms with Crippen LogP contribution in [-0.4, -0.2) is 16.1 Å². The second kappa shape index (κ2) is 6.15. The number of aromatic nitrogens is 2. The van der Waals surface area contributed by atoms with Crippen LogP contribution in [-0.2, 0) is 6.42 Å². The van der Waals surface area contributed by atoms with Crippen LogP contribution in [0.1, 0.15) is 26.6 Å². The zero-order valence-corrected chi connectivity index (χ0v) is 12.9. The molecule has 2 rings (SSSR count). The van der Waals surface area contributed by atoms with Crippen LogP contribution in [0.5, 0.6) is 5.75 Å². The van der Waals surface area contributed by atoms with Gasteiger partial charge in [-0.2, -0.15) is 0 Å². The first-order valence-electron chi connectivity index (χ1n) is 6.39. The summed E-state index contributed by atoms with van der Waals surface area (Å²) in [6.07, 6.45) is 0.979. The maximum atomic E-state index is 5.71. The third kappa shape index (κ3) is 3.77. The third-order valence-corrected chi connectivity index (χ3v) is 2.97. The molecule has 0 radical (unpaired) electrons. The Bertz CT molecular complexity index is 570. The Hall–Kier alpha value is -1.42. The molecule has 100 valence electrons. The van der Waals surface area contributed by atoms with Crippen LogP contribution in [0.3, 0.4) is 0 Å². The van der Waals surface area contributed by atoms with Crippen molar-refractivity contribution < 1.29 is 4.74 Å². The third-order valence-electron chi connectivity index (χ3n) is 2.56. The molecule has 1 aromatic carbocycles. The Balaban J connectivity index is 2.38. The Morgan fingerprint density at radius 1 is 1.21 bits per heavy atom. The number of hydrogen-bond donors (Lipinski definition) is 0. The van der Waals surface area contributed by atoms with Crippen molar-refractivity contribution in [2.75, 3.05) is 0 Å². The quantitative estimate of drug-likeness (QED) is 0.790. The minimum absolute atomic E-state index is 0.165. The Morgan fingerprint density at radius 2 is 2.00 bits per heavy atom. The zero-order chi connectivity index (χ0) is 13.8. The lowest BCUT2D eigenvalue weighted by Crippen LogP contribution is -2.05. The number of rotatable bonds is 4. The van der Waals surface area contributed by atoms with Gasteiger partial charge in [-0.05, 0) is 48.0 Å². The van der Waals surface area contributed by atoms with E-state index in [1.807, 2.05) is 51.1 Å². The summed E-state index contributed by atoms with van der Waals surface area (Å²) in [7, 11) is 0. The highest BCUT2D eigenvalue weighted by atomic mass is 79.9. The Kier molecular flexibility index (Phi) is 4.53. The van der Waals surface area contributed by atoms with E-state index in [4.69, 9.17) is 4.74 Å². The van der Waals surface area contributed by atoms with Crippen LogP contribution in [0.25, 0.3) is 11.3 Å². The minimum atomic E-state index is 0.165. The molecule has 0 bridgehead atoms. The Labute approximate surface area is 122 Å². The van der Waals surface area contributed by atoms with Gasteiger partial charge >= 0.3 is 0 Å². The molecule has 0 amide bonds. The summed E-state index contributed by atoms with van der Waals surface area (Å²) in [6, 6.07) is 9.90. The zero-order valence-electron chi connectivity index (χ0n) is 11.4. The largest absolute Gasteiger partial charge is 0.491 e. The van der Waals surface area contributed by atoms with Crippen molar-refractivity contribution in [2.45, 2.75) is 33.3 Å². The number of ether oxygens (including phenoxy) is 1. The van der Waals surface area contributed by atoms with Crippen LogP contribution < -0.4 is 4.74 Å². The van der Waals surface area contributed by atoms with Crippen LogP contribution in [0.4, 0.5) is 0 Å². The molecule has 0 aliphatic rings. The first-order valence-corrected chi connectivity index (χ1v) is 7.18. The van der Waals surface area contributed by atoms with E-state index in [1.54, 1.807) is 0 Å². The van der Waals surface area contributed by atoms with Gasteiger partial charge in [0, 0.05) is 12.0 Å². The van der Waals surface area contributed by atoms with Crippen LogP contribution in [0.15, 0.2) is 34.9 Å². The minimum Gasteiger partial charge on any atom is -0.491 e. The molecule has 4 heteroatoms. The lowest BCUT2D eigenvalue weighted by atomic mass is 10.1. The van der Waals surface area contributed by atoms with Gasteiger partial charge in [0.25, 0.3) is 0 Å². The summed E-state index contributed by atoms with van der Waals surface area (Å²) in [6.45, 7) is 6.08. The summed E-state index contributed by atoms with van der Waals surface area (Å²) in [5.74, 6) is 1.69. The molecule has 0 saturated heterocycles. The van der Waals surface area contributed by atoms with Gasteiger partial charge in [0.2, 0.25) is 0 Å². The van der Waals surface area contributed by atoms with Crippen LogP contribution >= 0.6 is 15.9 Å². The van der Waals surface area contributed by atoms with Crippen molar-refractivity contribution in [1.82, 2.24) is 9.97 Å². The fourth-order valence-corrected chi connectivity index (χ4v) is 2.19. The lowest BCUT2D eigenvalue weighted by molar-refractivity contribution is 0.242. The van der Waals surface area contributed by atoms with Gasteiger partial charge in [0.1, 0.15) is 16.2 Å². The molecule has 1 aromatic heterocycles. The molecule has 19 heavy (non-hydrogen) atoms. The summed E-state index contributed by atoms with van der Waals surface area (Å²) in [5.41, 5.74) is 1.95. The summed E-state index contributed by atoms with van der Waals surface area (Å²) >= 11 is 3.43. The van der Waals surface area contributed by atoms with Crippen molar-refractivity contribution in [3.8, 4) is 17.0 Å². The fraction of sp³-hybridized carbons (Fsp3) is 0.333. The van der Waals surface area contributed by atoms with Gasteiger partial charge in [0.15, 0.2) is 0 Å². The molecule has 0 saturated carbocycles. The SMILES string of the molecule is CCc1nc(Br)cc(-c2cccc(OC(C)C)c2)n1. The summed E-state index contributed by atoms with van der Waals surface area (Å²) < 4.78 is 6.52. The topological polar surface area (TPSA) is 35.0 Å². The second-order valence-electron chi connectivity index (χ2n) is 4.54. The predicted octanol–water partition coefficient (Wildman–Crippen LogP) is 4.26. The average molecular weight is 321 g/mol. The molecule has 1 heterocycles. The van der Waals surface area contributed by atoms with Crippen molar-refractivity contribution in [1.29, 1.82) is 0 Å². The smallest absolute Gasteiger partial charge is 0.130 e. The van der Waals surface area contributed by atoms with Gasteiger partial charge in [-0.3, -0.25) is 0 Å². The first kappa shape index (κ1) is 14.0. The molecular formula is C15H17BrN2O. The predicted molar refractivity (Wildman–Crippen MR) is 80.3 cm³/mol. The number of halogens is 1. The van der Waals surface area contributed by atoms with Crippen molar-refractivity contribution >= 4 is 15.9 Å². The number of benzene rings is 1. The molecule has 0 spiro atoms. The second-order valence-corrected chi connectivity index (χ2v) is 5.35. The normalized spacial score (nSPS) is 10.8. The Morgan fingerprint density at radius 3 is 2.68 bits per heavy atom. The van der Waals surface area contributed by atoms with E-state index in [-0.39, 0.29) is 6.10 Å². The van der Waals surface area contributed by atoms with E-state index in [9.17, 15) is 0 Å². The van der Waals surface area contributed by atoms with E-state index >= 15 is 0 Å². The number of aryl methyl sites for hydroxylation is 1. The molecule has 0 aliphatic carbocycles. The number of nitrogens with zero attached hydrogens (tertiary/aromatic N) is 2. The van der Waals surface area contributed by atoms with Gasteiger partial charge in [0.05, 0.1) is 11.8 Å². The van der Waals surface area contributed by atoms with E-state index in [1.165, 1.54) is 0 Å². The molecule has 0 atom stereocenters. The molecule has 3 nitrogen and oxygen atoms in total. The first-order chi connectivity index (χ1) is 9.08. The number of hydrogen-bond acceptors (Lipinski definition) is 3. The van der Waals surface area contributed by atoms with Gasteiger partial charge in [-0.1, -0.05) is 19.1 Å². The lowest BCUT2D eigenvalue weighted by Gasteiger charge is -2.11.